The van der Waals surface area contributed by atoms with E-state index in [1.54, 1.807) is 12.1 Å². The van der Waals surface area contributed by atoms with Crippen LogP contribution >= 0.6 is 0 Å². The maximum Gasteiger partial charge on any atom is 0.335 e. The first-order chi connectivity index (χ1) is 32.5. The second kappa shape index (κ2) is 18.2. The van der Waals surface area contributed by atoms with Crippen LogP contribution in [0.25, 0.3) is 27.5 Å². The Hall–Kier alpha value is -5.85. The van der Waals surface area contributed by atoms with Crippen molar-refractivity contribution in [2.75, 3.05) is 10.6 Å². The Kier molecular flexibility index (Phi) is 13.0. The van der Waals surface area contributed by atoms with Crippen LogP contribution in [-0.4, -0.2) is 51.1 Å². The smallest absolute Gasteiger partial charge is 0.335 e. The average molecular weight is 928 g/mol. The number of nitrogens with zero attached hydrogens (tertiary/aromatic N) is 1. The summed E-state index contributed by atoms with van der Waals surface area (Å²) in [6.07, 6.45) is 9.95. The van der Waals surface area contributed by atoms with Crippen molar-refractivity contribution < 1.29 is 38.7 Å². The molecule has 13 nitrogen and oxygen atoms in total. The van der Waals surface area contributed by atoms with E-state index in [1.807, 2.05) is 88.6 Å². The summed E-state index contributed by atoms with van der Waals surface area (Å²) in [6.45, 7) is 12.2. The average Bonchev–Trinajstić information content (AvgIpc) is 3.61. The van der Waals surface area contributed by atoms with Crippen LogP contribution in [0.2, 0.25) is 0 Å². The van der Waals surface area contributed by atoms with Gasteiger partial charge in [0.15, 0.2) is 0 Å². The van der Waals surface area contributed by atoms with Gasteiger partial charge in [0.1, 0.15) is 0 Å². The third kappa shape index (κ3) is 8.00. The zero-order chi connectivity index (χ0) is 48.9. The Morgan fingerprint density at radius 1 is 0.515 bits per heavy atom. The standard InChI is InChI=1S/C55H69N5O8/c1-7-20-50(29-52(22-9-3)33-53(30-50,23-10-4)47(66)58-46(52)65)44(63)56-36-16-18-41-39(27-36)40-28-37(17-19-42(40)60(41)38-15-13-14-35(26-38)43(61)62)57-45(64)51(21-8-2)31-54(24-11-5)34-55(32-51,25-12-6)49(68)59-48(54)67/h13-19,26-28H,7-12,20-25,29-34H2,1-6H3,(H,56,63)(H,57,64)(H,61,62)(H,58,65,66)(H,59,67,68)/t50?,51?,52-,53+,54-,55+. The number of hydrogen-bond donors (Lipinski definition) is 5. The Morgan fingerprint density at radius 2 is 0.882 bits per heavy atom. The molecule has 5 N–H and O–H groups in total. The Morgan fingerprint density at radius 3 is 1.22 bits per heavy atom. The molecule has 0 radical (unpaired) electrons. The van der Waals surface area contributed by atoms with Gasteiger partial charge in [0.2, 0.25) is 35.4 Å². The molecule has 8 rings (SSSR count). The SMILES string of the molecule is CCCC1(C(=O)Nc2ccc3c(c2)c2cc(NC(=O)C4(CCC)C[C@@]5(CCC)C[C@@](CCC)(C4)C(=O)NC5=O)ccc2n3-c2cccc(C(=O)O)c2)C[C@@]2(CCC)C[C@@](CCC)(C1)C(=O)NC2=O. The molecule has 2 saturated heterocycles. The quantitative estimate of drug-likeness (QED) is 0.0608. The van der Waals surface area contributed by atoms with Crippen LogP contribution in [0.5, 0.6) is 0 Å². The van der Waals surface area contributed by atoms with E-state index in [0.717, 1.165) is 47.5 Å². The van der Waals surface area contributed by atoms with Crippen molar-refractivity contribution >= 4 is 74.6 Å². The van der Waals surface area contributed by atoms with Crippen molar-refractivity contribution in [2.45, 2.75) is 157 Å². The maximum absolute atomic E-state index is 15.1. The second-order valence-corrected chi connectivity index (χ2v) is 21.4. The molecule has 4 bridgehead atoms. The Labute approximate surface area is 399 Å². The van der Waals surface area contributed by atoms with Crippen molar-refractivity contribution in [2.24, 2.45) is 32.5 Å². The summed E-state index contributed by atoms with van der Waals surface area (Å²) < 4.78 is 1.97. The van der Waals surface area contributed by atoms with E-state index in [1.165, 1.54) is 6.07 Å². The van der Waals surface area contributed by atoms with Gasteiger partial charge in [0.25, 0.3) is 0 Å². The van der Waals surface area contributed by atoms with Gasteiger partial charge < -0.3 is 20.3 Å². The molecule has 2 saturated carbocycles. The number of nitrogens with one attached hydrogen (secondary N) is 4. The number of rotatable bonds is 18. The van der Waals surface area contributed by atoms with E-state index >= 15 is 9.59 Å². The molecule has 3 aromatic carbocycles. The van der Waals surface area contributed by atoms with Gasteiger partial charge >= 0.3 is 5.97 Å². The molecule has 3 heterocycles. The number of aromatic nitrogens is 1. The molecule has 1 aromatic heterocycles. The molecule has 0 spiro atoms. The highest BCUT2D eigenvalue weighted by atomic mass is 16.4. The van der Waals surface area contributed by atoms with Crippen molar-refractivity contribution in [3.8, 4) is 5.69 Å². The van der Waals surface area contributed by atoms with E-state index in [9.17, 15) is 29.1 Å². The first-order valence-electron chi connectivity index (χ1n) is 25.2. The fraction of sp³-hybridized carbons (Fsp3) is 0.545. The lowest BCUT2D eigenvalue weighted by atomic mass is 9.47. The molecule has 13 heteroatoms. The molecule has 2 aliphatic heterocycles. The molecule has 2 unspecified atom stereocenters. The summed E-state index contributed by atoms with van der Waals surface area (Å²) >= 11 is 0. The highest BCUT2D eigenvalue weighted by Crippen LogP contribution is 2.63. The topological polar surface area (TPSA) is 193 Å². The van der Waals surface area contributed by atoms with Crippen LogP contribution in [0.4, 0.5) is 11.4 Å². The molecule has 2 aliphatic carbocycles. The number of anilines is 2. The minimum absolute atomic E-state index is 0.116. The number of amides is 6. The summed E-state index contributed by atoms with van der Waals surface area (Å²) in [7, 11) is 0. The number of imide groups is 2. The maximum atomic E-state index is 15.1. The molecule has 68 heavy (non-hydrogen) atoms. The molecule has 6 atom stereocenters. The van der Waals surface area contributed by atoms with Gasteiger partial charge in [0, 0.05) is 27.8 Å². The zero-order valence-corrected chi connectivity index (χ0v) is 40.8. The predicted octanol–water partition coefficient (Wildman–Crippen LogP) is 10.8. The number of carboxylic acid groups (broad SMARTS) is 1. The first-order valence-corrected chi connectivity index (χ1v) is 25.2. The number of fused-ring (bicyclic) bond motifs is 7. The van der Waals surface area contributed by atoms with Gasteiger partial charge in [-0.25, -0.2) is 4.79 Å². The third-order valence-electron chi connectivity index (χ3n) is 16.4. The fourth-order valence-corrected chi connectivity index (χ4v) is 14.3. The Balaban J connectivity index is 1.22. The number of benzene rings is 3. The minimum atomic E-state index is -1.07. The lowest BCUT2D eigenvalue weighted by molar-refractivity contribution is -0.171. The highest BCUT2D eigenvalue weighted by molar-refractivity contribution is 6.13. The van der Waals surface area contributed by atoms with Crippen LogP contribution in [-0.2, 0) is 28.8 Å². The van der Waals surface area contributed by atoms with Gasteiger partial charge in [0.05, 0.1) is 49.1 Å². The van der Waals surface area contributed by atoms with Crippen molar-refractivity contribution in [3.05, 3.63) is 66.2 Å². The number of carboxylic acids is 1. The summed E-state index contributed by atoms with van der Waals surface area (Å²) in [6, 6.07) is 17.9. The number of carbonyl (C=O) groups excluding carboxylic acids is 6. The van der Waals surface area contributed by atoms with Crippen LogP contribution in [0.1, 0.15) is 167 Å². The Bertz CT molecular complexity index is 2500. The first kappa shape index (κ1) is 48.6. The predicted molar refractivity (Wildman–Crippen MR) is 263 cm³/mol. The van der Waals surface area contributed by atoms with Gasteiger partial charge in [-0.2, -0.15) is 0 Å². The van der Waals surface area contributed by atoms with Crippen LogP contribution in [0, 0.1) is 32.5 Å². The van der Waals surface area contributed by atoms with E-state index in [0.29, 0.717) is 107 Å². The number of aromatic carboxylic acids is 1. The number of piperidine rings is 2. The number of hydrogen-bond acceptors (Lipinski definition) is 7. The van der Waals surface area contributed by atoms with Gasteiger partial charge in [-0.05, 0) is 132 Å². The van der Waals surface area contributed by atoms with E-state index in [-0.39, 0.29) is 41.0 Å². The zero-order valence-electron chi connectivity index (χ0n) is 40.8. The lowest BCUT2D eigenvalue weighted by Gasteiger charge is -2.57. The van der Waals surface area contributed by atoms with Crippen LogP contribution in [0.15, 0.2) is 60.7 Å². The molecular weight excluding hydrogens is 859 g/mol. The fourth-order valence-electron chi connectivity index (χ4n) is 14.3. The van der Waals surface area contributed by atoms with E-state index in [2.05, 4.69) is 21.3 Å². The highest BCUT2D eigenvalue weighted by Gasteiger charge is 2.66. The molecule has 6 amide bonds. The normalized spacial score (nSPS) is 28.9. The van der Waals surface area contributed by atoms with Crippen molar-refractivity contribution in [1.29, 1.82) is 0 Å². The molecule has 4 aromatic rings. The summed E-state index contributed by atoms with van der Waals surface area (Å²) in [5.74, 6) is -2.62. The van der Waals surface area contributed by atoms with Crippen molar-refractivity contribution in [1.82, 2.24) is 15.2 Å². The van der Waals surface area contributed by atoms with Gasteiger partial charge in [-0.15, -0.1) is 0 Å². The summed E-state index contributed by atoms with van der Waals surface area (Å²) in [5, 5.41) is 23.5. The molecule has 362 valence electrons. The van der Waals surface area contributed by atoms with Crippen LogP contribution in [0.3, 0.4) is 0 Å². The minimum Gasteiger partial charge on any atom is -0.478 e. The van der Waals surface area contributed by atoms with E-state index < -0.39 is 38.5 Å². The molecular formula is C55H69N5O8. The van der Waals surface area contributed by atoms with E-state index in [4.69, 9.17) is 0 Å². The summed E-state index contributed by atoms with van der Waals surface area (Å²) in [5.41, 5.74) is -2.08. The number of carbonyl (C=O) groups is 7. The second-order valence-electron chi connectivity index (χ2n) is 21.4. The molecule has 4 fully saturated rings. The monoisotopic (exact) mass is 928 g/mol. The van der Waals surface area contributed by atoms with Crippen molar-refractivity contribution in [3.63, 3.8) is 0 Å². The molecule has 4 aliphatic rings. The van der Waals surface area contributed by atoms with Gasteiger partial charge in [-0.1, -0.05) is 86.1 Å². The largest absolute Gasteiger partial charge is 0.478 e. The third-order valence-corrected chi connectivity index (χ3v) is 16.4. The lowest BCUT2D eigenvalue weighted by Crippen LogP contribution is -2.65. The summed E-state index contributed by atoms with van der Waals surface area (Å²) in [4.78, 5) is 97.7. The van der Waals surface area contributed by atoms with Gasteiger partial charge in [-0.3, -0.25) is 39.4 Å². The van der Waals surface area contributed by atoms with Crippen LogP contribution < -0.4 is 21.3 Å².